The van der Waals surface area contributed by atoms with Gasteiger partial charge in [-0.15, -0.1) is 0 Å². The van der Waals surface area contributed by atoms with Crippen LogP contribution in [-0.2, 0) is 0 Å². The van der Waals surface area contributed by atoms with Gasteiger partial charge in [0, 0.05) is 37.8 Å². The molecule has 0 aliphatic carbocycles. The molecule has 8 nitrogen and oxygen atoms in total. The second-order valence-electron chi connectivity index (χ2n) is 7.08. The highest BCUT2D eigenvalue weighted by molar-refractivity contribution is 6.33. The zero-order chi connectivity index (χ0) is 20.9. The van der Waals surface area contributed by atoms with E-state index in [4.69, 9.17) is 16.1 Å². The van der Waals surface area contributed by atoms with Crippen LogP contribution in [-0.4, -0.2) is 47.2 Å². The first-order valence-electron chi connectivity index (χ1n) is 9.93. The summed E-state index contributed by atoms with van der Waals surface area (Å²) in [6.45, 7) is 4.69. The SMILES string of the molecule is Cc1onc(-c2ccccc2Cl)c1C(=O)NCCNc1cc(N2CCCC2)ncn1. The maximum absolute atomic E-state index is 12.8. The minimum atomic E-state index is -0.258. The van der Waals surface area contributed by atoms with Gasteiger partial charge in [-0.25, -0.2) is 9.97 Å². The van der Waals surface area contributed by atoms with Crippen LogP contribution in [0.1, 0.15) is 29.0 Å². The van der Waals surface area contributed by atoms with E-state index in [0.717, 1.165) is 24.7 Å². The minimum absolute atomic E-state index is 0.258. The number of anilines is 2. The normalized spacial score (nSPS) is 13.5. The summed E-state index contributed by atoms with van der Waals surface area (Å²) in [4.78, 5) is 23.6. The van der Waals surface area contributed by atoms with Crippen molar-refractivity contribution in [3.8, 4) is 11.3 Å². The van der Waals surface area contributed by atoms with Gasteiger partial charge in [0.1, 0.15) is 35.0 Å². The summed E-state index contributed by atoms with van der Waals surface area (Å²) in [5.41, 5.74) is 1.49. The van der Waals surface area contributed by atoms with Crippen LogP contribution in [0.3, 0.4) is 0 Å². The monoisotopic (exact) mass is 426 g/mol. The van der Waals surface area contributed by atoms with E-state index >= 15 is 0 Å². The Morgan fingerprint density at radius 2 is 2.00 bits per heavy atom. The average Bonchev–Trinajstić information content (AvgIpc) is 3.42. The number of aryl methyl sites for hydroxylation is 1. The van der Waals surface area contributed by atoms with E-state index in [9.17, 15) is 4.79 Å². The van der Waals surface area contributed by atoms with Crippen molar-refractivity contribution in [3.05, 3.63) is 53.0 Å². The standard InChI is InChI=1S/C21H23ClN6O2/c1-14-19(20(27-30-14)15-6-2-3-7-16(15)22)21(29)24-9-8-23-17-12-18(26-13-25-17)28-10-4-5-11-28/h2-3,6-7,12-13H,4-5,8-11H2,1H3,(H,24,29)(H,23,25,26). The van der Waals surface area contributed by atoms with Crippen LogP contribution < -0.4 is 15.5 Å². The number of hydrogen-bond donors (Lipinski definition) is 2. The predicted octanol–water partition coefficient (Wildman–Crippen LogP) is 3.54. The van der Waals surface area contributed by atoms with Crippen LogP contribution in [0.4, 0.5) is 11.6 Å². The van der Waals surface area contributed by atoms with Crippen LogP contribution in [0.25, 0.3) is 11.3 Å². The Hall–Kier alpha value is -3.13. The summed E-state index contributed by atoms with van der Waals surface area (Å²) in [6.07, 6.45) is 3.94. The minimum Gasteiger partial charge on any atom is -0.368 e. The Morgan fingerprint density at radius 3 is 2.80 bits per heavy atom. The maximum Gasteiger partial charge on any atom is 0.257 e. The fourth-order valence-electron chi connectivity index (χ4n) is 3.49. The fourth-order valence-corrected chi connectivity index (χ4v) is 3.72. The molecule has 0 atom stereocenters. The van der Waals surface area contributed by atoms with Crippen molar-refractivity contribution in [2.24, 2.45) is 0 Å². The Labute approximate surface area is 179 Å². The summed E-state index contributed by atoms with van der Waals surface area (Å²) in [6, 6.07) is 9.17. The Bertz CT molecular complexity index is 1030. The van der Waals surface area contributed by atoms with E-state index in [1.165, 1.54) is 12.8 Å². The number of benzene rings is 1. The number of halogens is 1. The van der Waals surface area contributed by atoms with Crippen LogP contribution in [0.5, 0.6) is 0 Å². The van der Waals surface area contributed by atoms with Gasteiger partial charge in [-0.3, -0.25) is 4.79 Å². The van der Waals surface area contributed by atoms with Crippen molar-refractivity contribution in [1.82, 2.24) is 20.4 Å². The van der Waals surface area contributed by atoms with Crippen LogP contribution in [0.15, 0.2) is 41.2 Å². The van der Waals surface area contributed by atoms with E-state index < -0.39 is 0 Å². The highest BCUT2D eigenvalue weighted by atomic mass is 35.5. The molecule has 3 aromatic rings. The maximum atomic E-state index is 12.8. The lowest BCUT2D eigenvalue weighted by atomic mass is 10.1. The van der Waals surface area contributed by atoms with Crippen molar-refractivity contribution >= 4 is 29.1 Å². The molecule has 1 saturated heterocycles. The predicted molar refractivity (Wildman–Crippen MR) is 116 cm³/mol. The summed E-state index contributed by atoms with van der Waals surface area (Å²) in [5, 5.41) is 10.7. The zero-order valence-corrected chi connectivity index (χ0v) is 17.4. The number of carbonyl (C=O) groups is 1. The molecular formula is C21H23ClN6O2. The average molecular weight is 427 g/mol. The zero-order valence-electron chi connectivity index (χ0n) is 16.7. The lowest BCUT2D eigenvalue weighted by molar-refractivity contribution is 0.0954. The largest absolute Gasteiger partial charge is 0.368 e. The molecule has 9 heteroatoms. The van der Waals surface area contributed by atoms with Gasteiger partial charge < -0.3 is 20.1 Å². The number of rotatable bonds is 7. The van der Waals surface area contributed by atoms with E-state index in [1.807, 2.05) is 24.3 Å². The third-order valence-electron chi connectivity index (χ3n) is 5.02. The molecule has 4 rings (SSSR count). The first-order valence-corrected chi connectivity index (χ1v) is 10.3. The Balaban J connectivity index is 1.36. The molecule has 1 aromatic carbocycles. The van der Waals surface area contributed by atoms with Crippen LogP contribution >= 0.6 is 11.6 Å². The molecule has 1 amide bonds. The molecule has 0 saturated carbocycles. The van der Waals surface area contributed by atoms with Gasteiger partial charge in [-0.2, -0.15) is 0 Å². The van der Waals surface area contributed by atoms with Gasteiger partial charge in [0.25, 0.3) is 5.91 Å². The highest BCUT2D eigenvalue weighted by Gasteiger charge is 2.22. The van der Waals surface area contributed by atoms with Crippen LogP contribution in [0.2, 0.25) is 5.02 Å². The molecular weight excluding hydrogens is 404 g/mol. The molecule has 0 radical (unpaired) electrons. The van der Waals surface area contributed by atoms with Gasteiger partial charge in [0.15, 0.2) is 0 Å². The molecule has 1 aliphatic heterocycles. The molecule has 1 fully saturated rings. The van der Waals surface area contributed by atoms with E-state index in [1.54, 1.807) is 19.3 Å². The fraction of sp³-hybridized carbons (Fsp3) is 0.333. The molecule has 0 unspecified atom stereocenters. The van der Waals surface area contributed by atoms with Crippen molar-refractivity contribution in [2.75, 3.05) is 36.4 Å². The van der Waals surface area contributed by atoms with Crippen molar-refractivity contribution in [1.29, 1.82) is 0 Å². The molecule has 1 aliphatic rings. The summed E-state index contributed by atoms with van der Waals surface area (Å²) < 4.78 is 5.26. The van der Waals surface area contributed by atoms with Gasteiger partial charge in [0.05, 0.1) is 5.02 Å². The summed E-state index contributed by atoms with van der Waals surface area (Å²) in [7, 11) is 0. The third-order valence-corrected chi connectivity index (χ3v) is 5.35. The van der Waals surface area contributed by atoms with E-state index in [2.05, 4.69) is 30.7 Å². The molecule has 2 N–H and O–H groups in total. The topological polar surface area (TPSA) is 96.2 Å². The number of hydrogen-bond acceptors (Lipinski definition) is 7. The second kappa shape index (κ2) is 9.13. The molecule has 0 spiro atoms. The van der Waals surface area contributed by atoms with Crippen LogP contribution in [0, 0.1) is 6.92 Å². The third kappa shape index (κ3) is 4.38. The van der Waals surface area contributed by atoms with E-state index in [-0.39, 0.29) is 5.91 Å². The Morgan fingerprint density at radius 1 is 1.20 bits per heavy atom. The smallest absolute Gasteiger partial charge is 0.257 e. The lowest BCUT2D eigenvalue weighted by Crippen LogP contribution is -2.29. The van der Waals surface area contributed by atoms with Gasteiger partial charge in [0.2, 0.25) is 0 Å². The number of amides is 1. The summed E-state index contributed by atoms with van der Waals surface area (Å²) >= 11 is 6.26. The number of carbonyl (C=O) groups excluding carboxylic acids is 1. The summed E-state index contributed by atoms with van der Waals surface area (Å²) in [5.74, 6) is 1.85. The van der Waals surface area contributed by atoms with Crippen molar-refractivity contribution < 1.29 is 9.32 Å². The highest BCUT2D eigenvalue weighted by Crippen LogP contribution is 2.30. The molecule has 2 aromatic heterocycles. The number of nitrogens with zero attached hydrogens (tertiary/aromatic N) is 4. The first kappa shape index (κ1) is 20.2. The quantitative estimate of drug-likeness (QED) is 0.558. The van der Waals surface area contributed by atoms with Crippen molar-refractivity contribution in [2.45, 2.75) is 19.8 Å². The molecule has 156 valence electrons. The molecule has 3 heterocycles. The Kier molecular flexibility index (Phi) is 6.13. The molecule has 30 heavy (non-hydrogen) atoms. The lowest BCUT2D eigenvalue weighted by Gasteiger charge is -2.16. The van der Waals surface area contributed by atoms with Gasteiger partial charge in [-0.05, 0) is 25.8 Å². The number of aromatic nitrogens is 3. The van der Waals surface area contributed by atoms with Gasteiger partial charge in [-0.1, -0.05) is 35.0 Å². The van der Waals surface area contributed by atoms with Crippen molar-refractivity contribution in [3.63, 3.8) is 0 Å². The first-order chi connectivity index (χ1) is 14.6. The molecule has 0 bridgehead atoms. The van der Waals surface area contributed by atoms with Gasteiger partial charge >= 0.3 is 0 Å². The van der Waals surface area contributed by atoms with E-state index in [0.29, 0.717) is 40.7 Å². The second-order valence-corrected chi connectivity index (χ2v) is 7.49. The number of nitrogens with one attached hydrogen (secondary N) is 2.